The maximum absolute atomic E-state index is 12.2. The number of rotatable bonds is 5. The van der Waals surface area contributed by atoms with Gasteiger partial charge in [-0.2, -0.15) is 5.26 Å². The Morgan fingerprint density at radius 2 is 1.78 bits per heavy atom. The number of allylic oxidation sites excluding steroid dienone is 1. The number of nitriles is 1. The van der Waals surface area contributed by atoms with Crippen LogP contribution in [0.5, 0.6) is 17.2 Å². The minimum atomic E-state index is -0.580. The van der Waals surface area contributed by atoms with Crippen LogP contribution >= 0.6 is 23.2 Å². The number of carbonyl (C=O) groups excluding carboxylic acids is 1. The SMILES string of the molecule is N#CC1=C(N)Oc2cc(OC(=O)COc3ccccc3)ccc2C1c1ccc(Cl)cc1Cl. The summed E-state index contributed by atoms with van der Waals surface area (Å²) in [5, 5.41) is 10.5. The molecule has 0 saturated carbocycles. The van der Waals surface area contributed by atoms with Gasteiger partial charge in [0.15, 0.2) is 6.61 Å². The number of fused-ring (bicyclic) bond motifs is 1. The largest absolute Gasteiger partial charge is 0.482 e. The molecule has 0 aliphatic carbocycles. The van der Waals surface area contributed by atoms with Crippen molar-refractivity contribution in [2.75, 3.05) is 6.61 Å². The maximum atomic E-state index is 12.2. The predicted molar refractivity (Wildman–Crippen MR) is 120 cm³/mol. The number of esters is 1. The second-order valence-corrected chi connectivity index (χ2v) is 7.71. The summed E-state index contributed by atoms with van der Waals surface area (Å²) in [4.78, 5) is 12.2. The van der Waals surface area contributed by atoms with Crippen molar-refractivity contribution in [1.29, 1.82) is 5.26 Å². The van der Waals surface area contributed by atoms with E-state index in [1.54, 1.807) is 54.6 Å². The highest BCUT2D eigenvalue weighted by molar-refractivity contribution is 6.35. The molecule has 1 aliphatic rings. The second kappa shape index (κ2) is 9.23. The van der Waals surface area contributed by atoms with Crippen molar-refractivity contribution in [3.05, 3.63) is 99.4 Å². The second-order valence-electron chi connectivity index (χ2n) is 6.87. The molecule has 0 amide bonds. The Hall–Kier alpha value is -3.66. The molecule has 3 aromatic rings. The van der Waals surface area contributed by atoms with E-state index < -0.39 is 11.9 Å². The molecule has 0 aromatic heterocycles. The topological polar surface area (TPSA) is 94.6 Å². The van der Waals surface area contributed by atoms with Gasteiger partial charge in [-0.15, -0.1) is 0 Å². The van der Waals surface area contributed by atoms with Gasteiger partial charge < -0.3 is 19.9 Å². The molecule has 0 fully saturated rings. The van der Waals surface area contributed by atoms with E-state index in [4.69, 9.17) is 43.1 Å². The van der Waals surface area contributed by atoms with Gasteiger partial charge in [0.1, 0.15) is 28.9 Å². The van der Waals surface area contributed by atoms with Crippen LogP contribution in [0, 0.1) is 11.3 Å². The highest BCUT2D eigenvalue weighted by atomic mass is 35.5. The van der Waals surface area contributed by atoms with Crippen LogP contribution < -0.4 is 19.9 Å². The van der Waals surface area contributed by atoms with Gasteiger partial charge in [0.25, 0.3) is 0 Å². The lowest BCUT2D eigenvalue weighted by atomic mass is 9.83. The molecule has 8 heteroatoms. The highest BCUT2D eigenvalue weighted by Crippen LogP contribution is 2.45. The van der Waals surface area contributed by atoms with E-state index in [0.29, 0.717) is 32.7 Å². The lowest BCUT2D eigenvalue weighted by Crippen LogP contribution is -2.22. The molecule has 0 spiro atoms. The monoisotopic (exact) mass is 466 g/mol. The fourth-order valence-electron chi connectivity index (χ4n) is 3.37. The normalized spacial score (nSPS) is 14.7. The van der Waals surface area contributed by atoms with Gasteiger partial charge in [-0.25, -0.2) is 4.79 Å². The Bertz CT molecular complexity index is 1250. The van der Waals surface area contributed by atoms with E-state index in [1.807, 2.05) is 6.07 Å². The van der Waals surface area contributed by atoms with E-state index in [2.05, 4.69) is 6.07 Å². The summed E-state index contributed by atoms with van der Waals surface area (Å²) in [6.07, 6.45) is 0. The molecule has 0 bridgehead atoms. The third-order valence-corrected chi connectivity index (χ3v) is 5.36. The minimum absolute atomic E-state index is 0.0492. The summed E-state index contributed by atoms with van der Waals surface area (Å²) in [6, 6.07) is 20.9. The quantitative estimate of drug-likeness (QED) is 0.410. The lowest BCUT2D eigenvalue weighted by Gasteiger charge is -2.27. The summed E-state index contributed by atoms with van der Waals surface area (Å²) in [5.74, 6) is -0.0241. The molecule has 3 aromatic carbocycles. The first-order valence-corrected chi connectivity index (χ1v) is 10.3. The molecule has 1 atom stereocenters. The summed E-state index contributed by atoms with van der Waals surface area (Å²) in [6.45, 7) is -0.258. The molecule has 0 radical (unpaired) electrons. The standard InChI is InChI=1S/C24H16Cl2N2O4/c25-14-6-8-17(20(26)10-14)23-18-9-7-16(11-21(18)32-24(28)19(23)12-27)31-22(29)13-30-15-4-2-1-3-5-15/h1-11,23H,13,28H2. The molecule has 160 valence electrons. The van der Waals surface area contributed by atoms with E-state index in [0.717, 1.165) is 0 Å². The molecule has 2 N–H and O–H groups in total. The number of para-hydroxylation sites is 1. The van der Waals surface area contributed by atoms with Gasteiger partial charge in [0.05, 0.1) is 5.92 Å². The van der Waals surface area contributed by atoms with E-state index in [9.17, 15) is 10.1 Å². The maximum Gasteiger partial charge on any atom is 0.349 e. The zero-order chi connectivity index (χ0) is 22.7. The Morgan fingerprint density at radius 1 is 1.03 bits per heavy atom. The van der Waals surface area contributed by atoms with E-state index >= 15 is 0 Å². The summed E-state index contributed by atoms with van der Waals surface area (Å²) < 4.78 is 16.4. The number of carbonyl (C=O) groups is 1. The Morgan fingerprint density at radius 3 is 2.50 bits per heavy atom. The molecule has 1 aliphatic heterocycles. The number of ether oxygens (including phenoxy) is 3. The van der Waals surface area contributed by atoms with E-state index in [-0.39, 0.29) is 23.8 Å². The van der Waals surface area contributed by atoms with Gasteiger partial charge in [-0.3, -0.25) is 0 Å². The smallest absolute Gasteiger partial charge is 0.349 e. The number of halogens is 2. The van der Waals surface area contributed by atoms with Gasteiger partial charge >= 0.3 is 5.97 Å². The zero-order valence-electron chi connectivity index (χ0n) is 16.5. The number of benzene rings is 3. The zero-order valence-corrected chi connectivity index (χ0v) is 18.1. The van der Waals surface area contributed by atoms with E-state index in [1.165, 1.54) is 6.07 Å². The lowest BCUT2D eigenvalue weighted by molar-refractivity contribution is -0.136. The fourth-order valence-corrected chi connectivity index (χ4v) is 3.89. The summed E-state index contributed by atoms with van der Waals surface area (Å²) in [7, 11) is 0. The average Bonchev–Trinajstić information content (AvgIpc) is 2.78. The average molecular weight is 467 g/mol. The number of hydrogen-bond acceptors (Lipinski definition) is 6. The molecule has 0 saturated heterocycles. The fraction of sp³-hybridized carbons (Fsp3) is 0.0833. The molecular weight excluding hydrogens is 451 g/mol. The third kappa shape index (κ3) is 4.50. The van der Waals surface area contributed by atoms with Crippen molar-refractivity contribution >= 4 is 29.2 Å². The van der Waals surface area contributed by atoms with Crippen molar-refractivity contribution in [1.82, 2.24) is 0 Å². The van der Waals surface area contributed by atoms with Crippen molar-refractivity contribution < 1.29 is 19.0 Å². The predicted octanol–water partition coefficient (Wildman–Crippen LogP) is 5.20. The van der Waals surface area contributed by atoms with Crippen LogP contribution in [-0.2, 0) is 4.79 Å². The number of nitrogens with zero attached hydrogens (tertiary/aromatic N) is 1. The minimum Gasteiger partial charge on any atom is -0.482 e. The van der Waals surface area contributed by atoms with Crippen LogP contribution in [0.1, 0.15) is 17.0 Å². The first kappa shape index (κ1) is 21.6. The molecule has 4 rings (SSSR count). The molecule has 32 heavy (non-hydrogen) atoms. The molecular formula is C24H16Cl2N2O4. The van der Waals surface area contributed by atoms with Crippen LogP contribution in [0.3, 0.4) is 0 Å². The van der Waals surface area contributed by atoms with Crippen LogP contribution in [0.2, 0.25) is 10.0 Å². The van der Waals surface area contributed by atoms with Crippen LogP contribution in [-0.4, -0.2) is 12.6 Å². The van der Waals surface area contributed by atoms with Gasteiger partial charge in [0, 0.05) is 21.7 Å². The van der Waals surface area contributed by atoms with Crippen molar-refractivity contribution in [3.63, 3.8) is 0 Å². The van der Waals surface area contributed by atoms with Crippen molar-refractivity contribution in [2.45, 2.75) is 5.92 Å². The number of hydrogen-bond donors (Lipinski definition) is 1. The van der Waals surface area contributed by atoms with Gasteiger partial charge in [-0.1, -0.05) is 53.5 Å². The molecule has 1 heterocycles. The Labute approximate surface area is 194 Å². The Kier molecular flexibility index (Phi) is 6.22. The van der Waals surface area contributed by atoms with Gasteiger partial charge in [0.2, 0.25) is 5.88 Å². The molecule has 1 unspecified atom stereocenters. The molecule has 6 nitrogen and oxygen atoms in total. The first-order valence-electron chi connectivity index (χ1n) is 9.51. The Balaban J connectivity index is 1.59. The number of nitrogens with two attached hydrogens (primary N) is 1. The first-order chi connectivity index (χ1) is 15.5. The highest BCUT2D eigenvalue weighted by Gasteiger charge is 2.32. The van der Waals surface area contributed by atoms with Crippen LogP contribution in [0.4, 0.5) is 0 Å². The third-order valence-electron chi connectivity index (χ3n) is 4.80. The summed E-state index contributed by atoms with van der Waals surface area (Å²) >= 11 is 12.4. The summed E-state index contributed by atoms with van der Waals surface area (Å²) in [5.41, 5.74) is 7.55. The van der Waals surface area contributed by atoms with Crippen molar-refractivity contribution in [2.24, 2.45) is 5.73 Å². The van der Waals surface area contributed by atoms with Gasteiger partial charge in [-0.05, 0) is 35.9 Å². The van der Waals surface area contributed by atoms with Crippen LogP contribution in [0.25, 0.3) is 0 Å². The van der Waals surface area contributed by atoms with Crippen LogP contribution in [0.15, 0.2) is 78.2 Å². The van der Waals surface area contributed by atoms with Crippen molar-refractivity contribution in [3.8, 4) is 23.3 Å².